The summed E-state index contributed by atoms with van der Waals surface area (Å²) in [6.07, 6.45) is 3.49. The van der Waals surface area contributed by atoms with E-state index in [4.69, 9.17) is 23.2 Å². The molecule has 2 aromatic carbocycles. The lowest BCUT2D eigenvalue weighted by atomic mass is 10.1. The van der Waals surface area contributed by atoms with Crippen molar-refractivity contribution in [2.75, 3.05) is 20.6 Å². The summed E-state index contributed by atoms with van der Waals surface area (Å²) in [5.41, 5.74) is 2.21. The third kappa shape index (κ3) is 5.26. The highest BCUT2D eigenvalue weighted by Gasteiger charge is 2.18. The molecular formula is C20H21Cl3N4O. The minimum absolute atomic E-state index is 0. The number of likely N-dealkylation sites (N-methyl/N-ethyl adjacent to an activating group) is 1. The Morgan fingerprint density at radius 2 is 1.96 bits per heavy atom. The molecule has 3 rings (SSSR count). The molecule has 1 N–H and O–H groups in total. The van der Waals surface area contributed by atoms with Crippen LogP contribution in [0.25, 0.3) is 5.69 Å². The average molecular weight is 440 g/mol. The molecule has 0 spiro atoms. The van der Waals surface area contributed by atoms with Crippen molar-refractivity contribution in [2.24, 2.45) is 0 Å². The van der Waals surface area contributed by atoms with Crippen molar-refractivity contribution in [3.8, 4) is 5.69 Å². The maximum Gasteiger partial charge on any atom is 0.252 e. The Balaban J connectivity index is 0.00000280. The van der Waals surface area contributed by atoms with E-state index in [1.807, 2.05) is 61.6 Å². The molecule has 148 valence electrons. The van der Waals surface area contributed by atoms with Crippen LogP contribution in [0, 0.1) is 0 Å². The number of aromatic nitrogens is 2. The summed E-state index contributed by atoms with van der Waals surface area (Å²) in [5.74, 6) is -0.233. The highest BCUT2D eigenvalue weighted by Crippen LogP contribution is 2.22. The van der Waals surface area contributed by atoms with Crippen molar-refractivity contribution >= 4 is 41.5 Å². The predicted molar refractivity (Wildman–Crippen MR) is 116 cm³/mol. The van der Waals surface area contributed by atoms with E-state index in [0.29, 0.717) is 22.2 Å². The van der Waals surface area contributed by atoms with E-state index in [-0.39, 0.29) is 24.4 Å². The highest BCUT2D eigenvalue weighted by molar-refractivity contribution is 6.34. The zero-order valence-electron chi connectivity index (χ0n) is 15.5. The molecule has 0 radical (unpaired) electrons. The number of carbonyl (C=O) groups is 1. The molecule has 1 unspecified atom stereocenters. The number of nitrogens with zero attached hydrogens (tertiary/aromatic N) is 3. The number of halogens is 3. The van der Waals surface area contributed by atoms with Gasteiger partial charge in [0.2, 0.25) is 0 Å². The number of amides is 1. The van der Waals surface area contributed by atoms with Crippen LogP contribution >= 0.6 is 35.6 Å². The van der Waals surface area contributed by atoms with Crippen LogP contribution in [0.1, 0.15) is 22.0 Å². The average Bonchev–Trinajstić information content (AvgIpc) is 3.16. The Bertz CT molecular complexity index is 929. The van der Waals surface area contributed by atoms with Crippen LogP contribution in [0.15, 0.2) is 60.9 Å². The van der Waals surface area contributed by atoms with Crippen molar-refractivity contribution in [2.45, 2.75) is 6.04 Å². The summed E-state index contributed by atoms with van der Waals surface area (Å²) in [6, 6.07) is 14.7. The van der Waals surface area contributed by atoms with Crippen LogP contribution < -0.4 is 5.32 Å². The molecule has 1 aromatic heterocycles. The van der Waals surface area contributed by atoms with Crippen LogP contribution in [0.2, 0.25) is 10.0 Å². The lowest BCUT2D eigenvalue weighted by Gasteiger charge is -2.25. The van der Waals surface area contributed by atoms with Crippen LogP contribution in [0.4, 0.5) is 0 Å². The van der Waals surface area contributed by atoms with E-state index in [1.165, 1.54) is 0 Å². The minimum atomic E-state index is -0.233. The molecular weight excluding hydrogens is 419 g/mol. The molecule has 0 bridgehead atoms. The zero-order valence-corrected chi connectivity index (χ0v) is 17.8. The second-order valence-electron chi connectivity index (χ2n) is 6.36. The Morgan fingerprint density at radius 1 is 1.18 bits per heavy atom. The van der Waals surface area contributed by atoms with Gasteiger partial charge >= 0.3 is 0 Å². The third-order valence-electron chi connectivity index (χ3n) is 4.28. The second kappa shape index (κ2) is 9.94. The Morgan fingerprint density at radius 3 is 2.61 bits per heavy atom. The first-order valence-electron chi connectivity index (χ1n) is 8.45. The standard InChI is InChI=1S/C20H20Cl2N4O.ClH/c1-25(2)19(14-5-3-6-15(21)11-14)13-23-20(27)17-12-16(7-8-18(17)22)26-10-4-9-24-26;/h3-12,19H,13H2,1-2H3,(H,23,27);1H. The number of benzene rings is 2. The number of rotatable bonds is 6. The molecule has 5 nitrogen and oxygen atoms in total. The van der Waals surface area contributed by atoms with Gasteiger partial charge in [-0.25, -0.2) is 4.68 Å². The third-order valence-corrected chi connectivity index (χ3v) is 4.84. The van der Waals surface area contributed by atoms with Crippen molar-refractivity contribution in [1.82, 2.24) is 20.0 Å². The van der Waals surface area contributed by atoms with E-state index < -0.39 is 0 Å². The first-order valence-corrected chi connectivity index (χ1v) is 9.21. The molecule has 0 aliphatic rings. The van der Waals surface area contributed by atoms with Crippen LogP contribution in [-0.4, -0.2) is 41.2 Å². The van der Waals surface area contributed by atoms with Crippen LogP contribution in [-0.2, 0) is 0 Å². The Kier molecular flexibility index (Phi) is 7.89. The van der Waals surface area contributed by atoms with E-state index in [0.717, 1.165) is 11.3 Å². The first-order chi connectivity index (χ1) is 13.0. The molecule has 28 heavy (non-hydrogen) atoms. The second-order valence-corrected chi connectivity index (χ2v) is 7.20. The molecule has 0 aliphatic carbocycles. The van der Waals surface area contributed by atoms with E-state index >= 15 is 0 Å². The first kappa shape index (κ1) is 22.2. The molecule has 1 heterocycles. The van der Waals surface area contributed by atoms with Gasteiger partial charge in [0.25, 0.3) is 5.91 Å². The number of hydrogen-bond acceptors (Lipinski definition) is 3. The molecule has 0 fully saturated rings. The molecule has 1 atom stereocenters. The van der Waals surface area contributed by atoms with Gasteiger partial charge in [-0.15, -0.1) is 12.4 Å². The smallest absolute Gasteiger partial charge is 0.252 e. The van der Waals surface area contributed by atoms with Crippen molar-refractivity contribution in [3.63, 3.8) is 0 Å². The summed E-state index contributed by atoms with van der Waals surface area (Å²) in [7, 11) is 3.92. The molecule has 1 amide bonds. The summed E-state index contributed by atoms with van der Waals surface area (Å²) in [5, 5.41) is 8.22. The van der Waals surface area contributed by atoms with E-state index in [1.54, 1.807) is 23.0 Å². The minimum Gasteiger partial charge on any atom is -0.350 e. The molecule has 3 aromatic rings. The van der Waals surface area contributed by atoms with Gasteiger partial charge in [0.05, 0.1) is 22.3 Å². The van der Waals surface area contributed by atoms with Crippen molar-refractivity contribution in [3.05, 3.63) is 82.1 Å². The van der Waals surface area contributed by atoms with Crippen LogP contribution in [0.5, 0.6) is 0 Å². The fourth-order valence-corrected chi connectivity index (χ4v) is 3.25. The SMILES string of the molecule is CN(C)C(CNC(=O)c1cc(-n2cccn2)ccc1Cl)c1cccc(Cl)c1.Cl. The quantitative estimate of drug-likeness (QED) is 0.609. The van der Waals surface area contributed by atoms with Gasteiger partial charge in [-0.3, -0.25) is 4.79 Å². The van der Waals surface area contributed by atoms with E-state index in [9.17, 15) is 4.79 Å². The van der Waals surface area contributed by atoms with Gasteiger partial charge in [0.15, 0.2) is 0 Å². The summed E-state index contributed by atoms with van der Waals surface area (Å²) in [6.45, 7) is 0.425. The number of hydrogen-bond donors (Lipinski definition) is 1. The maximum atomic E-state index is 12.7. The predicted octanol–water partition coefficient (Wildman–Crippen LogP) is 4.63. The lowest BCUT2D eigenvalue weighted by Crippen LogP contribution is -2.34. The molecule has 8 heteroatoms. The van der Waals surface area contributed by atoms with Gasteiger partial charge < -0.3 is 10.2 Å². The van der Waals surface area contributed by atoms with Crippen molar-refractivity contribution < 1.29 is 4.79 Å². The van der Waals surface area contributed by atoms with Gasteiger partial charge in [-0.2, -0.15) is 5.10 Å². The maximum absolute atomic E-state index is 12.7. The van der Waals surface area contributed by atoms with Gasteiger partial charge in [0, 0.05) is 24.0 Å². The normalized spacial score (nSPS) is 11.8. The fourth-order valence-electron chi connectivity index (χ4n) is 2.85. The molecule has 0 saturated heterocycles. The molecule has 0 aliphatic heterocycles. The lowest BCUT2D eigenvalue weighted by molar-refractivity contribution is 0.0942. The Labute approximate surface area is 180 Å². The summed E-state index contributed by atoms with van der Waals surface area (Å²) >= 11 is 12.4. The van der Waals surface area contributed by atoms with E-state index in [2.05, 4.69) is 10.4 Å². The van der Waals surface area contributed by atoms with Gasteiger partial charge in [-0.05, 0) is 56.1 Å². The Hall–Kier alpha value is -2.05. The molecule has 0 saturated carbocycles. The van der Waals surface area contributed by atoms with Crippen molar-refractivity contribution in [1.29, 1.82) is 0 Å². The topological polar surface area (TPSA) is 50.2 Å². The number of carbonyl (C=O) groups excluding carboxylic acids is 1. The van der Waals surface area contributed by atoms with Gasteiger partial charge in [0.1, 0.15) is 0 Å². The summed E-state index contributed by atoms with van der Waals surface area (Å²) in [4.78, 5) is 14.8. The van der Waals surface area contributed by atoms with Gasteiger partial charge in [-0.1, -0.05) is 35.3 Å². The zero-order chi connectivity index (χ0) is 19.4. The fraction of sp³-hybridized carbons (Fsp3) is 0.200. The largest absolute Gasteiger partial charge is 0.350 e. The highest BCUT2D eigenvalue weighted by atomic mass is 35.5. The van der Waals surface area contributed by atoms with Crippen LogP contribution in [0.3, 0.4) is 0 Å². The number of nitrogens with one attached hydrogen (secondary N) is 1. The monoisotopic (exact) mass is 438 g/mol. The summed E-state index contributed by atoms with van der Waals surface area (Å²) < 4.78 is 1.68.